The first kappa shape index (κ1) is 14.7. The number of aliphatic hydroxyl groups excluding tert-OH is 1. The molecule has 6 heteroatoms. The van der Waals surface area contributed by atoms with Gasteiger partial charge in [-0.25, -0.2) is 4.39 Å². The average molecular weight is 282 g/mol. The number of anilines is 1. The van der Waals surface area contributed by atoms with E-state index in [1.807, 2.05) is 4.90 Å². The number of hydrogen-bond donors (Lipinski definition) is 2. The summed E-state index contributed by atoms with van der Waals surface area (Å²) in [4.78, 5) is 13.8. The van der Waals surface area contributed by atoms with Gasteiger partial charge in [-0.05, 0) is 25.1 Å². The van der Waals surface area contributed by atoms with Gasteiger partial charge in [-0.3, -0.25) is 4.79 Å². The molecule has 2 rings (SSSR count). The molecular weight excluding hydrogens is 263 g/mol. The topological polar surface area (TPSA) is 61.8 Å². The third-order valence-electron chi connectivity index (χ3n) is 3.43. The second-order valence-electron chi connectivity index (χ2n) is 4.78. The standard InChI is InChI=1S/C14H19FN2O3/c1-9(18)11-7-10(15)3-4-12(11)17-5-6-20-8-13(17)14(19)16-2/h3-4,7,9,13,18H,5-6,8H2,1-2H3,(H,16,19). The van der Waals surface area contributed by atoms with E-state index < -0.39 is 18.0 Å². The number of aliphatic hydroxyl groups is 1. The van der Waals surface area contributed by atoms with Crippen molar-refractivity contribution in [3.05, 3.63) is 29.6 Å². The molecule has 0 aromatic heterocycles. The Hall–Kier alpha value is -1.66. The molecule has 0 spiro atoms. The number of amides is 1. The summed E-state index contributed by atoms with van der Waals surface area (Å²) < 4.78 is 18.7. The molecule has 0 saturated carbocycles. The molecule has 1 aromatic carbocycles. The Morgan fingerprint density at radius 2 is 2.35 bits per heavy atom. The molecule has 2 unspecified atom stereocenters. The van der Waals surface area contributed by atoms with Gasteiger partial charge in [-0.15, -0.1) is 0 Å². The van der Waals surface area contributed by atoms with Gasteiger partial charge in [0.2, 0.25) is 5.91 Å². The summed E-state index contributed by atoms with van der Waals surface area (Å²) in [5.74, 6) is -0.569. The number of halogens is 1. The van der Waals surface area contributed by atoms with Gasteiger partial charge in [0.15, 0.2) is 0 Å². The second-order valence-corrected chi connectivity index (χ2v) is 4.78. The minimum absolute atomic E-state index is 0.162. The molecule has 5 nitrogen and oxygen atoms in total. The summed E-state index contributed by atoms with van der Waals surface area (Å²) in [5, 5.41) is 12.4. The van der Waals surface area contributed by atoms with Gasteiger partial charge in [0.05, 0.1) is 19.3 Å². The van der Waals surface area contributed by atoms with E-state index in [0.29, 0.717) is 24.4 Å². The first-order valence-corrected chi connectivity index (χ1v) is 6.58. The van der Waals surface area contributed by atoms with Crippen LogP contribution in [-0.4, -0.2) is 43.9 Å². The van der Waals surface area contributed by atoms with Gasteiger partial charge in [-0.1, -0.05) is 0 Å². The summed E-state index contributed by atoms with van der Waals surface area (Å²) in [5.41, 5.74) is 1.14. The van der Waals surface area contributed by atoms with Crippen molar-refractivity contribution < 1.29 is 19.0 Å². The van der Waals surface area contributed by atoms with Gasteiger partial charge in [0, 0.05) is 24.8 Å². The fraction of sp³-hybridized carbons (Fsp3) is 0.500. The Labute approximate surface area is 117 Å². The fourth-order valence-electron chi connectivity index (χ4n) is 2.40. The zero-order valence-electron chi connectivity index (χ0n) is 11.6. The van der Waals surface area contributed by atoms with Gasteiger partial charge in [0.25, 0.3) is 0 Å². The molecule has 1 heterocycles. The average Bonchev–Trinajstić information content (AvgIpc) is 2.46. The van der Waals surface area contributed by atoms with Crippen molar-refractivity contribution in [1.29, 1.82) is 0 Å². The molecule has 2 N–H and O–H groups in total. The Bertz CT molecular complexity index is 493. The van der Waals surface area contributed by atoms with E-state index >= 15 is 0 Å². The van der Waals surface area contributed by atoms with Gasteiger partial charge in [-0.2, -0.15) is 0 Å². The number of benzene rings is 1. The third-order valence-corrected chi connectivity index (χ3v) is 3.43. The highest BCUT2D eigenvalue weighted by atomic mass is 19.1. The monoisotopic (exact) mass is 282 g/mol. The molecule has 110 valence electrons. The lowest BCUT2D eigenvalue weighted by Gasteiger charge is -2.37. The Balaban J connectivity index is 2.39. The first-order chi connectivity index (χ1) is 9.54. The number of ether oxygens (including phenoxy) is 1. The van der Waals surface area contributed by atoms with Crippen LogP contribution >= 0.6 is 0 Å². The lowest BCUT2D eigenvalue weighted by molar-refractivity contribution is -0.124. The lowest BCUT2D eigenvalue weighted by atomic mass is 10.0. The SMILES string of the molecule is CNC(=O)C1COCCN1c1ccc(F)cc1C(C)O. The number of nitrogens with zero attached hydrogens (tertiary/aromatic N) is 1. The normalized spacial score (nSPS) is 20.6. The molecule has 1 aliphatic heterocycles. The van der Waals surface area contributed by atoms with Crippen LogP contribution in [-0.2, 0) is 9.53 Å². The van der Waals surface area contributed by atoms with Crippen molar-refractivity contribution in [3.8, 4) is 0 Å². The number of carbonyl (C=O) groups excluding carboxylic acids is 1. The van der Waals surface area contributed by atoms with E-state index in [-0.39, 0.29) is 12.5 Å². The molecule has 0 bridgehead atoms. The zero-order valence-corrected chi connectivity index (χ0v) is 11.6. The number of likely N-dealkylation sites (N-methyl/N-ethyl adjacent to an activating group) is 1. The quantitative estimate of drug-likeness (QED) is 0.862. The zero-order chi connectivity index (χ0) is 14.7. The van der Waals surface area contributed by atoms with E-state index in [4.69, 9.17) is 4.74 Å². The van der Waals surface area contributed by atoms with Crippen LogP contribution in [0.2, 0.25) is 0 Å². The van der Waals surface area contributed by atoms with Crippen molar-refractivity contribution in [2.75, 3.05) is 31.7 Å². The van der Waals surface area contributed by atoms with Crippen LogP contribution in [0, 0.1) is 5.82 Å². The lowest BCUT2D eigenvalue weighted by Crippen LogP contribution is -2.53. The minimum atomic E-state index is -0.811. The smallest absolute Gasteiger partial charge is 0.244 e. The Morgan fingerprint density at radius 1 is 1.60 bits per heavy atom. The summed E-state index contributed by atoms with van der Waals surface area (Å²) in [6.45, 7) is 2.86. The summed E-state index contributed by atoms with van der Waals surface area (Å²) in [7, 11) is 1.56. The van der Waals surface area contributed by atoms with Crippen molar-refractivity contribution in [2.24, 2.45) is 0 Å². The van der Waals surface area contributed by atoms with Gasteiger partial charge < -0.3 is 20.1 Å². The largest absolute Gasteiger partial charge is 0.389 e. The summed E-state index contributed by atoms with van der Waals surface area (Å²) in [6, 6.07) is 3.75. The maximum absolute atomic E-state index is 13.4. The number of hydrogen-bond acceptors (Lipinski definition) is 4. The van der Waals surface area contributed by atoms with E-state index in [1.54, 1.807) is 20.0 Å². The minimum Gasteiger partial charge on any atom is -0.389 e. The van der Waals surface area contributed by atoms with E-state index in [0.717, 1.165) is 0 Å². The molecule has 0 radical (unpaired) electrons. The van der Waals surface area contributed by atoms with Gasteiger partial charge in [0.1, 0.15) is 11.9 Å². The number of nitrogens with one attached hydrogen (secondary N) is 1. The molecular formula is C14H19FN2O3. The fourth-order valence-corrected chi connectivity index (χ4v) is 2.40. The summed E-state index contributed by atoms with van der Waals surface area (Å²) in [6.07, 6.45) is -0.811. The van der Waals surface area contributed by atoms with Crippen molar-refractivity contribution in [1.82, 2.24) is 5.32 Å². The highest BCUT2D eigenvalue weighted by molar-refractivity contribution is 5.85. The van der Waals surface area contributed by atoms with Crippen LogP contribution in [0.5, 0.6) is 0 Å². The number of carbonyl (C=O) groups is 1. The molecule has 1 saturated heterocycles. The Kier molecular flexibility index (Phi) is 4.57. The number of morpholine rings is 1. The molecule has 20 heavy (non-hydrogen) atoms. The van der Waals surface area contributed by atoms with E-state index in [1.165, 1.54) is 12.1 Å². The van der Waals surface area contributed by atoms with E-state index in [2.05, 4.69) is 5.32 Å². The Morgan fingerprint density at radius 3 is 3.00 bits per heavy atom. The summed E-state index contributed by atoms with van der Waals surface area (Å²) >= 11 is 0. The van der Waals surface area contributed by atoms with Crippen molar-refractivity contribution in [3.63, 3.8) is 0 Å². The van der Waals surface area contributed by atoms with Crippen LogP contribution < -0.4 is 10.2 Å². The molecule has 0 aliphatic carbocycles. The highest BCUT2D eigenvalue weighted by Crippen LogP contribution is 2.29. The molecule has 1 amide bonds. The molecule has 1 fully saturated rings. The molecule has 1 aromatic rings. The number of rotatable bonds is 3. The predicted molar refractivity (Wildman–Crippen MR) is 73.1 cm³/mol. The second kappa shape index (κ2) is 6.19. The predicted octanol–water partition coefficient (Wildman–Crippen LogP) is 0.830. The van der Waals surface area contributed by atoms with Crippen LogP contribution in [0.15, 0.2) is 18.2 Å². The van der Waals surface area contributed by atoms with Crippen molar-refractivity contribution >= 4 is 11.6 Å². The van der Waals surface area contributed by atoms with E-state index in [9.17, 15) is 14.3 Å². The van der Waals surface area contributed by atoms with Gasteiger partial charge >= 0.3 is 0 Å². The maximum Gasteiger partial charge on any atom is 0.244 e. The highest BCUT2D eigenvalue weighted by Gasteiger charge is 2.30. The van der Waals surface area contributed by atoms with Crippen LogP contribution in [0.4, 0.5) is 10.1 Å². The van der Waals surface area contributed by atoms with Crippen molar-refractivity contribution in [2.45, 2.75) is 19.1 Å². The third kappa shape index (κ3) is 2.91. The van der Waals surface area contributed by atoms with Crippen LogP contribution in [0.3, 0.4) is 0 Å². The molecule has 2 atom stereocenters. The first-order valence-electron chi connectivity index (χ1n) is 6.58. The molecule has 1 aliphatic rings. The maximum atomic E-state index is 13.4. The van der Waals surface area contributed by atoms with Crippen LogP contribution in [0.1, 0.15) is 18.6 Å². The van der Waals surface area contributed by atoms with Crippen LogP contribution in [0.25, 0.3) is 0 Å².